The van der Waals surface area contributed by atoms with E-state index >= 15 is 0 Å². The number of hydrogen-bond donors (Lipinski definition) is 1. The topological polar surface area (TPSA) is 119 Å². The van der Waals surface area contributed by atoms with Crippen molar-refractivity contribution in [1.82, 2.24) is 4.31 Å². The van der Waals surface area contributed by atoms with Crippen molar-refractivity contribution >= 4 is 27.3 Å². The lowest BCUT2D eigenvalue weighted by atomic mass is 10.1. The van der Waals surface area contributed by atoms with Gasteiger partial charge in [-0.1, -0.05) is 26.0 Å². The van der Waals surface area contributed by atoms with Gasteiger partial charge in [0.2, 0.25) is 10.0 Å². The van der Waals surface area contributed by atoms with Crippen molar-refractivity contribution in [2.75, 3.05) is 25.0 Å². The molecule has 1 N–H and O–H groups in total. The summed E-state index contributed by atoms with van der Waals surface area (Å²) in [4.78, 5) is 22.2. The third-order valence-electron chi connectivity index (χ3n) is 4.34. The molecule has 2 aromatic carbocycles. The molecule has 2 rings (SSSR count). The number of ether oxygens (including phenoxy) is 1. The number of nitro groups is 1. The lowest BCUT2D eigenvalue weighted by Gasteiger charge is -2.18. The van der Waals surface area contributed by atoms with E-state index in [0.29, 0.717) is 0 Å². The number of hydrogen-bond acceptors (Lipinski definition) is 6. The van der Waals surface area contributed by atoms with Crippen LogP contribution in [0.4, 0.5) is 24.5 Å². The Morgan fingerprint density at radius 1 is 1.16 bits per heavy atom. The lowest BCUT2D eigenvalue weighted by Crippen LogP contribution is -2.30. The summed E-state index contributed by atoms with van der Waals surface area (Å²) in [5, 5.41) is 13.4. The molecule has 174 valence electrons. The van der Waals surface area contributed by atoms with Crippen molar-refractivity contribution in [1.29, 1.82) is 0 Å². The van der Waals surface area contributed by atoms with Crippen LogP contribution in [0.5, 0.6) is 5.75 Å². The van der Waals surface area contributed by atoms with Crippen LogP contribution in [0.2, 0.25) is 0 Å². The van der Waals surface area contributed by atoms with Crippen LogP contribution in [-0.4, -0.2) is 43.2 Å². The Kier molecular flexibility index (Phi) is 7.80. The molecular weight excluding hydrogens is 455 g/mol. The minimum absolute atomic E-state index is 0.157. The van der Waals surface area contributed by atoms with Gasteiger partial charge < -0.3 is 10.1 Å². The number of nitrogens with zero attached hydrogens (tertiary/aromatic N) is 2. The van der Waals surface area contributed by atoms with E-state index in [0.717, 1.165) is 40.7 Å². The molecule has 0 aliphatic rings. The normalized spacial score (nSPS) is 11.9. The molecule has 1 amide bonds. The Labute approximate surface area is 182 Å². The van der Waals surface area contributed by atoms with E-state index in [1.165, 1.54) is 6.07 Å². The summed E-state index contributed by atoms with van der Waals surface area (Å²) in [7, 11) is -3.98. The molecule has 13 heteroatoms. The van der Waals surface area contributed by atoms with Crippen LogP contribution in [0.3, 0.4) is 0 Å². The first kappa shape index (κ1) is 25.1. The van der Waals surface area contributed by atoms with Gasteiger partial charge in [0, 0.05) is 19.2 Å². The minimum Gasteiger partial charge on any atom is -0.477 e. The number of anilines is 1. The zero-order valence-corrected chi connectivity index (χ0v) is 17.9. The number of benzene rings is 2. The number of para-hydroxylation sites is 1. The second-order valence-corrected chi connectivity index (χ2v) is 8.29. The minimum atomic E-state index is -4.70. The Hall–Kier alpha value is -3.19. The highest BCUT2D eigenvalue weighted by molar-refractivity contribution is 7.89. The molecule has 2 aromatic rings. The van der Waals surface area contributed by atoms with Crippen LogP contribution in [0.15, 0.2) is 47.4 Å². The molecule has 0 atom stereocenters. The molecule has 32 heavy (non-hydrogen) atoms. The predicted octanol–water partition coefficient (Wildman–Crippen LogP) is 3.66. The maximum atomic E-state index is 13.0. The lowest BCUT2D eigenvalue weighted by molar-refractivity contribution is -0.386. The predicted molar refractivity (Wildman–Crippen MR) is 109 cm³/mol. The number of amides is 1. The van der Waals surface area contributed by atoms with Crippen LogP contribution < -0.4 is 10.1 Å². The van der Waals surface area contributed by atoms with Gasteiger partial charge in [-0.05, 0) is 24.3 Å². The summed E-state index contributed by atoms with van der Waals surface area (Å²) in [5.41, 5.74) is -2.27. The van der Waals surface area contributed by atoms with E-state index in [4.69, 9.17) is 4.74 Å². The molecule has 0 unspecified atom stereocenters. The first-order chi connectivity index (χ1) is 14.9. The van der Waals surface area contributed by atoms with Crippen molar-refractivity contribution in [2.24, 2.45) is 0 Å². The average molecular weight is 475 g/mol. The van der Waals surface area contributed by atoms with Gasteiger partial charge in [0.1, 0.15) is 0 Å². The molecule has 0 aromatic heterocycles. The molecule has 0 heterocycles. The fraction of sp³-hybridized carbons (Fsp3) is 0.316. The summed E-state index contributed by atoms with van der Waals surface area (Å²) in [6.07, 6.45) is -4.70. The van der Waals surface area contributed by atoms with E-state index in [2.05, 4.69) is 0 Å². The van der Waals surface area contributed by atoms with Gasteiger partial charge in [-0.25, -0.2) is 8.42 Å². The third-order valence-corrected chi connectivity index (χ3v) is 6.38. The quantitative estimate of drug-likeness (QED) is 0.437. The Morgan fingerprint density at radius 3 is 2.34 bits per heavy atom. The third kappa shape index (κ3) is 5.73. The summed E-state index contributed by atoms with van der Waals surface area (Å²) in [6, 6.07) is 7.21. The molecule has 0 radical (unpaired) electrons. The molecule has 0 saturated carbocycles. The summed E-state index contributed by atoms with van der Waals surface area (Å²) < 4.78 is 70.4. The number of sulfonamides is 1. The van der Waals surface area contributed by atoms with Crippen LogP contribution in [-0.2, 0) is 21.0 Å². The number of alkyl halides is 3. The molecule has 0 aliphatic heterocycles. The first-order valence-electron chi connectivity index (χ1n) is 9.29. The Balaban J connectivity index is 2.22. The Bertz CT molecular complexity index is 1100. The fourth-order valence-corrected chi connectivity index (χ4v) is 4.28. The number of carbonyl (C=O) groups excluding carboxylic acids is 1. The molecule has 0 saturated heterocycles. The zero-order valence-electron chi connectivity index (χ0n) is 17.0. The summed E-state index contributed by atoms with van der Waals surface area (Å²) in [5.74, 6) is -1.40. The highest BCUT2D eigenvalue weighted by atomic mass is 32.2. The number of rotatable bonds is 9. The van der Waals surface area contributed by atoms with Crippen molar-refractivity contribution in [3.63, 3.8) is 0 Å². The smallest absolute Gasteiger partial charge is 0.418 e. The van der Waals surface area contributed by atoms with Crippen LogP contribution in [0.1, 0.15) is 19.4 Å². The molecular formula is C19H20F3N3O6S. The van der Waals surface area contributed by atoms with E-state index in [9.17, 15) is 36.5 Å². The maximum Gasteiger partial charge on any atom is 0.418 e. The number of halogens is 3. The van der Waals surface area contributed by atoms with Crippen molar-refractivity contribution in [3.8, 4) is 5.75 Å². The van der Waals surface area contributed by atoms with Gasteiger partial charge in [-0.2, -0.15) is 17.5 Å². The molecule has 9 nitrogen and oxygen atoms in total. The van der Waals surface area contributed by atoms with Crippen LogP contribution in [0.25, 0.3) is 0 Å². The fourth-order valence-electron chi connectivity index (χ4n) is 2.80. The summed E-state index contributed by atoms with van der Waals surface area (Å²) >= 11 is 0. The maximum absolute atomic E-state index is 13.0. The molecule has 0 bridgehead atoms. The largest absolute Gasteiger partial charge is 0.477 e. The van der Waals surface area contributed by atoms with Gasteiger partial charge >= 0.3 is 11.9 Å². The molecule has 0 aliphatic carbocycles. The van der Waals surface area contributed by atoms with Crippen molar-refractivity contribution < 1.29 is 36.0 Å². The highest BCUT2D eigenvalue weighted by Crippen LogP contribution is 2.35. The molecule has 0 fully saturated rings. The zero-order chi connectivity index (χ0) is 24.1. The second kappa shape index (κ2) is 9.96. The van der Waals surface area contributed by atoms with Crippen LogP contribution >= 0.6 is 0 Å². The van der Waals surface area contributed by atoms with Gasteiger partial charge in [0.15, 0.2) is 12.4 Å². The number of nitro benzene ring substituents is 1. The van der Waals surface area contributed by atoms with Crippen molar-refractivity contribution in [2.45, 2.75) is 24.9 Å². The van der Waals surface area contributed by atoms with Gasteiger partial charge in [-0.15, -0.1) is 0 Å². The summed E-state index contributed by atoms with van der Waals surface area (Å²) in [6.45, 7) is 2.70. The van der Waals surface area contributed by atoms with Gasteiger partial charge in [0.05, 0.1) is 21.1 Å². The SMILES string of the molecule is CCN(CC)S(=O)(=O)c1ccc(OCC(=O)Nc2ccccc2C(F)(F)F)c([N+](=O)[O-])c1. The van der Waals surface area contributed by atoms with Gasteiger partial charge in [0.25, 0.3) is 5.91 Å². The van der Waals surface area contributed by atoms with Gasteiger partial charge in [-0.3, -0.25) is 14.9 Å². The van der Waals surface area contributed by atoms with Crippen LogP contribution in [0, 0.1) is 10.1 Å². The number of carbonyl (C=O) groups is 1. The molecule has 0 spiro atoms. The Morgan fingerprint density at radius 2 is 1.78 bits per heavy atom. The number of nitrogens with one attached hydrogen (secondary N) is 1. The monoisotopic (exact) mass is 475 g/mol. The van der Waals surface area contributed by atoms with E-state index in [1.807, 2.05) is 5.32 Å². The van der Waals surface area contributed by atoms with E-state index < -0.39 is 56.3 Å². The average Bonchev–Trinajstić information content (AvgIpc) is 2.72. The first-order valence-corrected chi connectivity index (χ1v) is 10.7. The standard InChI is InChI=1S/C19H20F3N3O6S/c1-3-24(4-2)32(29,30)13-9-10-17(16(11-13)25(27)28)31-12-18(26)23-15-8-6-5-7-14(15)19(20,21)22/h5-11H,3-4,12H2,1-2H3,(H,23,26). The van der Waals surface area contributed by atoms with E-state index in [-0.39, 0.29) is 18.0 Å². The second-order valence-electron chi connectivity index (χ2n) is 6.36. The van der Waals surface area contributed by atoms with Crippen molar-refractivity contribution in [3.05, 3.63) is 58.1 Å². The highest BCUT2D eigenvalue weighted by Gasteiger charge is 2.33. The van der Waals surface area contributed by atoms with E-state index in [1.54, 1.807) is 13.8 Å².